The van der Waals surface area contributed by atoms with Gasteiger partial charge in [-0.05, 0) is 5.01 Å². The quantitative estimate of drug-likeness (QED) is 0.231. The summed E-state index contributed by atoms with van der Waals surface area (Å²) in [6, 6.07) is -1.47. The zero-order valence-corrected chi connectivity index (χ0v) is 10.0. The first-order valence-corrected chi connectivity index (χ1v) is 6.05. The maximum absolute atomic E-state index is 11.2. The van der Waals surface area contributed by atoms with Gasteiger partial charge < -0.3 is 20.8 Å². The van der Waals surface area contributed by atoms with Crippen molar-refractivity contribution < 1.29 is 38.4 Å². The second-order valence-corrected chi connectivity index (χ2v) is 4.46. The molecule has 0 aliphatic carbocycles. The molecule has 0 aliphatic rings. The summed E-state index contributed by atoms with van der Waals surface area (Å²) in [5, 5.41) is 19.6. The van der Waals surface area contributed by atoms with Gasteiger partial charge in [-0.2, -0.15) is 11.4 Å². The molecule has 0 rings (SSSR count). The van der Waals surface area contributed by atoms with Crippen LogP contribution in [-0.2, 0) is 23.2 Å². The van der Waals surface area contributed by atoms with Crippen LogP contribution in [0.5, 0.6) is 0 Å². The van der Waals surface area contributed by atoms with Crippen LogP contribution in [0.15, 0.2) is 0 Å². The van der Waals surface area contributed by atoms with Gasteiger partial charge >= 0.3 is 13.8 Å². The second-order valence-electron chi connectivity index (χ2n) is 3.01. The maximum atomic E-state index is 11.2. The van der Waals surface area contributed by atoms with E-state index in [0.717, 1.165) is 0 Å². The van der Waals surface area contributed by atoms with Crippen LogP contribution >= 0.6 is 7.82 Å². The molecule has 18 heavy (non-hydrogen) atoms. The minimum Gasteiger partial charge on any atom is -0.480 e. The largest absolute Gasteiger partial charge is 0.480 e. The minimum absolute atomic E-state index is 0.574. The Balaban J connectivity index is 4.11. The number of carbonyl (C=O) groups is 1. The lowest BCUT2D eigenvalue weighted by Crippen LogP contribution is -2.34. The van der Waals surface area contributed by atoms with Crippen molar-refractivity contribution in [3.8, 4) is 0 Å². The van der Waals surface area contributed by atoms with Crippen LogP contribution in [0, 0.1) is 6.57 Å². The molecule has 0 aromatic carbocycles. The Morgan fingerprint density at radius 3 is 2.44 bits per heavy atom. The number of phosphoric acid groups is 1. The summed E-state index contributed by atoms with van der Waals surface area (Å²) in [5.74, 6) is -1.40. The van der Waals surface area contributed by atoms with Gasteiger partial charge in [0.25, 0.3) is 0 Å². The van der Waals surface area contributed by atoms with Crippen LogP contribution < -0.4 is 5.73 Å². The Morgan fingerprint density at radius 2 is 2.00 bits per heavy atom. The zero-order chi connectivity index (χ0) is 14.2. The molecule has 1 unspecified atom stereocenters. The van der Waals surface area contributed by atoms with E-state index in [1.54, 1.807) is 0 Å². The molecule has 0 saturated heterocycles. The van der Waals surface area contributed by atoms with Crippen molar-refractivity contribution >= 4 is 13.8 Å². The van der Waals surface area contributed by atoms with E-state index in [0.29, 0.717) is 0 Å². The Kier molecular flexibility index (Phi) is 7.45. The minimum atomic E-state index is -4.51. The molecule has 0 fully saturated rings. The highest BCUT2D eigenvalue weighted by molar-refractivity contribution is 7.47. The average molecular weight is 284 g/mol. The highest BCUT2D eigenvalue weighted by Crippen LogP contribution is 2.43. The highest BCUT2D eigenvalue weighted by atomic mass is 31.2. The first kappa shape index (κ1) is 16.8. The molecular weight excluding hydrogens is 271 g/mol. The lowest BCUT2D eigenvalue weighted by molar-refractivity contribution is -0.139. The molecule has 0 aliphatic heterocycles. The SMILES string of the molecule is [C-]#[N+]O[C@H](CO)COP(=O)(O)OC[C@H](N)C(=O)O. The van der Waals surface area contributed by atoms with Crippen LogP contribution in [0.3, 0.4) is 0 Å². The van der Waals surface area contributed by atoms with Crippen molar-refractivity contribution in [2.75, 3.05) is 19.8 Å². The van der Waals surface area contributed by atoms with E-state index in [2.05, 4.69) is 18.9 Å². The Morgan fingerprint density at radius 1 is 1.44 bits per heavy atom. The van der Waals surface area contributed by atoms with Gasteiger partial charge in [0.15, 0.2) is 0 Å². The summed E-state index contributed by atoms with van der Waals surface area (Å²) >= 11 is 0. The molecule has 0 radical (unpaired) electrons. The number of nitrogens with two attached hydrogens (primary N) is 1. The van der Waals surface area contributed by atoms with Crippen LogP contribution in [0.1, 0.15) is 0 Å². The van der Waals surface area contributed by atoms with Gasteiger partial charge in [0.2, 0.25) is 6.10 Å². The Hall–Kier alpha value is -1.21. The van der Waals surface area contributed by atoms with E-state index in [4.69, 9.17) is 27.4 Å². The normalized spacial score (nSPS) is 17.2. The number of aliphatic hydroxyl groups excluding tert-OH is 1. The van der Waals surface area contributed by atoms with Gasteiger partial charge in [-0.25, -0.2) is 4.57 Å². The van der Waals surface area contributed by atoms with Crippen molar-refractivity contribution in [2.24, 2.45) is 5.73 Å². The van der Waals surface area contributed by atoms with Crippen LogP contribution in [-0.4, -0.2) is 53.0 Å². The number of aliphatic hydroxyl groups is 1. The van der Waals surface area contributed by atoms with Gasteiger partial charge in [0.1, 0.15) is 12.6 Å². The van der Waals surface area contributed by atoms with E-state index in [-0.39, 0.29) is 0 Å². The second kappa shape index (κ2) is 7.99. The molecule has 0 amide bonds. The zero-order valence-electron chi connectivity index (χ0n) is 9.13. The summed E-state index contributed by atoms with van der Waals surface area (Å²) < 4.78 is 19.9. The first-order valence-electron chi connectivity index (χ1n) is 4.56. The molecule has 3 atom stereocenters. The smallest absolute Gasteiger partial charge is 0.472 e. The number of nitrogens with zero attached hydrogens (tertiary/aromatic N) is 1. The fraction of sp³-hybridized carbons (Fsp3) is 0.714. The fourth-order valence-corrected chi connectivity index (χ4v) is 1.43. The molecule has 0 aromatic rings. The monoisotopic (exact) mass is 284 g/mol. The molecule has 5 N–H and O–H groups in total. The predicted molar refractivity (Wildman–Crippen MR) is 55.9 cm³/mol. The van der Waals surface area contributed by atoms with Crippen molar-refractivity contribution in [1.29, 1.82) is 0 Å². The van der Waals surface area contributed by atoms with Crippen LogP contribution in [0.4, 0.5) is 0 Å². The lowest BCUT2D eigenvalue weighted by Gasteiger charge is -2.14. The van der Waals surface area contributed by atoms with E-state index < -0.39 is 45.8 Å². The van der Waals surface area contributed by atoms with Gasteiger partial charge in [0, 0.05) is 0 Å². The van der Waals surface area contributed by atoms with Crippen LogP contribution in [0.2, 0.25) is 0 Å². The molecule has 0 spiro atoms. The third-order valence-electron chi connectivity index (χ3n) is 1.56. The van der Waals surface area contributed by atoms with Gasteiger partial charge in [-0.3, -0.25) is 13.8 Å². The van der Waals surface area contributed by atoms with Gasteiger partial charge in [0.05, 0.1) is 13.2 Å². The Bertz CT molecular complexity index is 356. The summed E-state index contributed by atoms with van der Waals surface area (Å²) in [7, 11) is -4.51. The average Bonchev–Trinajstić information content (AvgIpc) is 2.31. The van der Waals surface area contributed by atoms with Crippen molar-refractivity contribution in [2.45, 2.75) is 12.1 Å². The molecule has 0 aromatic heterocycles. The molecule has 104 valence electrons. The van der Waals surface area contributed by atoms with E-state index in [1.165, 1.54) is 0 Å². The molecule has 11 heteroatoms. The number of aliphatic carboxylic acids is 1. The molecule has 0 heterocycles. The first-order chi connectivity index (χ1) is 8.32. The summed E-state index contributed by atoms with van der Waals surface area (Å²) in [5.41, 5.74) is 5.04. The maximum Gasteiger partial charge on any atom is 0.472 e. The number of phosphoric ester groups is 1. The predicted octanol–water partition coefficient (Wildman–Crippen LogP) is -1.26. The summed E-state index contributed by atoms with van der Waals surface area (Å²) in [4.78, 5) is 23.7. The number of rotatable bonds is 9. The van der Waals surface area contributed by atoms with Crippen molar-refractivity contribution in [3.05, 3.63) is 11.6 Å². The number of carboxylic acid groups (broad SMARTS) is 1. The standard InChI is InChI=1S/C7H13N2O8P/c1-9-17-5(2-10)3-15-18(13,14)16-4-6(8)7(11)12/h5-6,10H,2-4,8H2,(H,11,12)(H,13,14)/t5-,6+/m1/s1. The third kappa shape index (κ3) is 7.18. The van der Waals surface area contributed by atoms with E-state index in [1.807, 2.05) is 0 Å². The third-order valence-corrected chi connectivity index (χ3v) is 2.51. The van der Waals surface area contributed by atoms with E-state index >= 15 is 0 Å². The summed E-state index contributed by atoms with van der Waals surface area (Å²) in [6.07, 6.45) is -1.11. The summed E-state index contributed by atoms with van der Waals surface area (Å²) in [6.45, 7) is 4.45. The van der Waals surface area contributed by atoms with Crippen LogP contribution in [0.25, 0.3) is 5.01 Å². The lowest BCUT2D eigenvalue weighted by atomic mass is 10.3. The van der Waals surface area contributed by atoms with Gasteiger partial charge in [-0.1, -0.05) is 0 Å². The number of hydrogen-bond donors (Lipinski definition) is 4. The topological polar surface area (TPSA) is 153 Å². The molecule has 10 nitrogen and oxygen atoms in total. The Labute approximate surface area is 102 Å². The van der Waals surface area contributed by atoms with E-state index in [9.17, 15) is 9.36 Å². The molecule has 0 saturated carbocycles. The number of carboxylic acids is 1. The van der Waals surface area contributed by atoms with Crippen molar-refractivity contribution in [3.63, 3.8) is 0 Å². The molecular formula is C7H13N2O8P. The fourth-order valence-electron chi connectivity index (χ4n) is 0.651. The van der Waals surface area contributed by atoms with Crippen molar-refractivity contribution in [1.82, 2.24) is 0 Å². The molecule has 0 bridgehead atoms. The highest BCUT2D eigenvalue weighted by Gasteiger charge is 2.27. The van der Waals surface area contributed by atoms with Gasteiger partial charge in [-0.15, -0.1) is 0 Å². The number of hydrogen-bond acceptors (Lipinski definition) is 7.